The largest absolute Gasteiger partial charge is 0.461 e. The van der Waals surface area contributed by atoms with Crippen LogP contribution in [0.3, 0.4) is 0 Å². The van der Waals surface area contributed by atoms with Gasteiger partial charge in [0.1, 0.15) is 0 Å². The van der Waals surface area contributed by atoms with Gasteiger partial charge < -0.3 is 4.74 Å². The molecule has 1 aliphatic rings. The van der Waals surface area contributed by atoms with Crippen LogP contribution in [0.1, 0.15) is 47.3 Å². The molecule has 0 bridgehead atoms. The van der Waals surface area contributed by atoms with Crippen LogP contribution in [0.4, 0.5) is 0 Å². The number of carbonyl (C=O) groups excluding carboxylic acids is 1. The smallest absolute Gasteiger partial charge is 0.359 e. The highest BCUT2D eigenvalue weighted by atomic mass is 35.5. The second kappa shape index (κ2) is 7.20. The number of carbonyl (C=O) groups is 1. The molecule has 0 atom stereocenters. The van der Waals surface area contributed by atoms with E-state index in [0.29, 0.717) is 23.2 Å². The van der Waals surface area contributed by atoms with Crippen LogP contribution in [0.2, 0.25) is 5.02 Å². The Hall–Kier alpha value is -2.59. The fraction of sp³-hybridized carbons (Fsp3) is 0.273. The quantitative estimate of drug-likeness (QED) is 0.544. The van der Waals surface area contributed by atoms with Crippen molar-refractivity contribution in [3.8, 4) is 16.9 Å². The summed E-state index contributed by atoms with van der Waals surface area (Å²) in [5, 5.41) is 5.14. The van der Waals surface area contributed by atoms with E-state index in [2.05, 4.69) is 29.4 Å². The number of aromatic nitrogens is 2. The first-order valence-electron chi connectivity index (χ1n) is 9.22. The molecule has 4 rings (SSSR count). The Bertz CT molecular complexity index is 988. The summed E-state index contributed by atoms with van der Waals surface area (Å²) < 4.78 is 6.94. The van der Waals surface area contributed by atoms with Crippen LogP contribution in [0.25, 0.3) is 16.9 Å². The van der Waals surface area contributed by atoms with Gasteiger partial charge in [0.25, 0.3) is 0 Å². The Labute approximate surface area is 163 Å². The van der Waals surface area contributed by atoms with E-state index in [9.17, 15) is 4.79 Å². The highest BCUT2D eigenvalue weighted by molar-refractivity contribution is 6.32. The third kappa shape index (κ3) is 3.37. The molecule has 27 heavy (non-hydrogen) atoms. The van der Waals surface area contributed by atoms with Gasteiger partial charge in [0, 0.05) is 11.1 Å². The van der Waals surface area contributed by atoms with Crippen LogP contribution in [-0.2, 0) is 4.74 Å². The summed E-state index contributed by atoms with van der Waals surface area (Å²) in [5.41, 5.74) is 5.06. The van der Waals surface area contributed by atoms with Gasteiger partial charge in [-0.25, -0.2) is 9.48 Å². The maximum Gasteiger partial charge on any atom is 0.359 e. The van der Waals surface area contributed by atoms with Crippen LogP contribution < -0.4 is 0 Å². The molecule has 2 aromatic carbocycles. The average Bonchev–Trinajstić information content (AvgIpc) is 3.46. The van der Waals surface area contributed by atoms with Gasteiger partial charge in [-0.05, 0) is 50.3 Å². The van der Waals surface area contributed by atoms with Crippen LogP contribution in [0.5, 0.6) is 0 Å². The molecule has 0 unspecified atom stereocenters. The lowest BCUT2D eigenvalue weighted by atomic mass is 10.0. The molecule has 1 saturated carbocycles. The SMILES string of the molecule is CCOC(=O)c1nn(-c2ccccc2Cl)c(-c2ccc(C3CC3)cc2)c1C. The molecular weight excluding hydrogens is 360 g/mol. The number of ether oxygens (including phenoxy) is 1. The minimum Gasteiger partial charge on any atom is -0.461 e. The van der Waals surface area contributed by atoms with Crippen molar-refractivity contribution in [2.24, 2.45) is 0 Å². The molecule has 0 N–H and O–H groups in total. The van der Waals surface area contributed by atoms with Crippen LogP contribution in [0, 0.1) is 6.92 Å². The van der Waals surface area contributed by atoms with Gasteiger partial charge >= 0.3 is 5.97 Å². The van der Waals surface area contributed by atoms with Crippen LogP contribution in [0.15, 0.2) is 48.5 Å². The van der Waals surface area contributed by atoms with Crippen molar-refractivity contribution >= 4 is 17.6 Å². The van der Waals surface area contributed by atoms with Crippen LogP contribution >= 0.6 is 11.6 Å². The summed E-state index contributed by atoms with van der Waals surface area (Å²) in [5.74, 6) is 0.278. The fourth-order valence-electron chi connectivity index (χ4n) is 3.36. The van der Waals surface area contributed by atoms with Gasteiger partial charge in [0.15, 0.2) is 5.69 Å². The van der Waals surface area contributed by atoms with E-state index in [1.54, 1.807) is 11.6 Å². The highest BCUT2D eigenvalue weighted by Crippen LogP contribution is 2.41. The summed E-state index contributed by atoms with van der Waals surface area (Å²) in [7, 11) is 0. The Morgan fingerprint density at radius 3 is 2.52 bits per heavy atom. The van der Waals surface area contributed by atoms with Crippen LogP contribution in [-0.4, -0.2) is 22.4 Å². The first kappa shape index (κ1) is 17.8. The van der Waals surface area contributed by atoms with E-state index >= 15 is 0 Å². The van der Waals surface area contributed by atoms with Gasteiger partial charge in [0.05, 0.1) is 23.0 Å². The Kier molecular flexibility index (Phi) is 4.75. The molecule has 5 heteroatoms. The van der Waals surface area contributed by atoms with Crippen molar-refractivity contribution in [3.63, 3.8) is 0 Å². The summed E-state index contributed by atoms with van der Waals surface area (Å²) in [6.07, 6.45) is 2.53. The zero-order chi connectivity index (χ0) is 19.0. The molecule has 138 valence electrons. The monoisotopic (exact) mass is 380 g/mol. The zero-order valence-electron chi connectivity index (χ0n) is 15.4. The van der Waals surface area contributed by atoms with Crippen molar-refractivity contribution in [1.29, 1.82) is 0 Å². The van der Waals surface area contributed by atoms with E-state index < -0.39 is 5.97 Å². The Balaban J connectivity index is 1.87. The van der Waals surface area contributed by atoms with E-state index in [1.165, 1.54) is 18.4 Å². The number of esters is 1. The minimum atomic E-state index is -0.420. The maximum atomic E-state index is 12.4. The van der Waals surface area contributed by atoms with E-state index in [4.69, 9.17) is 16.3 Å². The fourth-order valence-corrected chi connectivity index (χ4v) is 3.57. The van der Waals surface area contributed by atoms with E-state index in [-0.39, 0.29) is 0 Å². The highest BCUT2D eigenvalue weighted by Gasteiger charge is 2.26. The molecular formula is C22H21ClN2O2. The average molecular weight is 381 g/mol. The summed E-state index contributed by atoms with van der Waals surface area (Å²) >= 11 is 6.42. The first-order valence-corrected chi connectivity index (χ1v) is 9.60. The maximum absolute atomic E-state index is 12.4. The van der Waals surface area contributed by atoms with E-state index in [1.807, 2.05) is 31.2 Å². The number of nitrogens with zero attached hydrogens (tertiary/aromatic N) is 2. The molecule has 1 aliphatic carbocycles. The summed E-state index contributed by atoms with van der Waals surface area (Å²) in [6, 6.07) is 16.0. The van der Waals surface area contributed by atoms with Gasteiger partial charge in [-0.2, -0.15) is 5.10 Å². The third-order valence-corrected chi connectivity index (χ3v) is 5.22. The number of hydrogen-bond donors (Lipinski definition) is 0. The lowest BCUT2D eigenvalue weighted by Gasteiger charge is -2.11. The second-order valence-corrected chi connectivity index (χ2v) is 7.21. The van der Waals surface area contributed by atoms with Crippen molar-refractivity contribution in [1.82, 2.24) is 9.78 Å². The number of hydrogen-bond acceptors (Lipinski definition) is 3. The predicted molar refractivity (Wildman–Crippen MR) is 107 cm³/mol. The number of rotatable bonds is 5. The third-order valence-electron chi connectivity index (χ3n) is 4.90. The molecule has 0 radical (unpaired) electrons. The molecule has 0 spiro atoms. The molecule has 1 heterocycles. The lowest BCUT2D eigenvalue weighted by molar-refractivity contribution is 0.0518. The van der Waals surface area contributed by atoms with Gasteiger partial charge in [-0.15, -0.1) is 0 Å². The summed E-state index contributed by atoms with van der Waals surface area (Å²) in [4.78, 5) is 12.4. The zero-order valence-corrected chi connectivity index (χ0v) is 16.2. The Morgan fingerprint density at radius 1 is 1.19 bits per heavy atom. The van der Waals surface area contributed by atoms with Crippen molar-refractivity contribution in [2.45, 2.75) is 32.6 Å². The first-order chi connectivity index (χ1) is 13.1. The normalized spacial score (nSPS) is 13.6. The van der Waals surface area contributed by atoms with Crippen molar-refractivity contribution in [2.75, 3.05) is 6.61 Å². The number of halogens is 1. The van der Waals surface area contributed by atoms with Crippen molar-refractivity contribution in [3.05, 3.63) is 70.4 Å². The minimum absolute atomic E-state index is 0.308. The molecule has 1 aromatic heterocycles. The topological polar surface area (TPSA) is 44.1 Å². The molecule has 0 saturated heterocycles. The standard InChI is InChI=1S/C22H21ClN2O2/c1-3-27-22(26)20-14(2)21(17-12-10-16(11-13-17)15-8-9-15)25(24-20)19-7-5-4-6-18(19)23/h4-7,10-13,15H,3,8-9H2,1-2H3. The molecule has 4 nitrogen and oxygen atoms in total. The number of benzene rings is 2. The summed E-state index contributed by atoms with van der Waals surface area (Å²) in [6.45, 7) is 4.00. The van der Waals surface area contributed by atoms with Gasteiger partial charge in [-0.1, -0.05) is 48.0 Å². The lowest BCUT2D eigenvalue weighted by Crippen LogP contribution is -2.07. The molecule has 1 fully saturated rings. The van der Waals surface area contributed by atoms with E-state index in [0.717, 1.165) is 22.5 Å². The molecule has 0 aliphatic heterocycles. The molecule has 3 aromatic rings. The predicted octanol–water partition coefficient (Wildman–Crippen LogP) is 5.56. The molecule has 0 amide bonds. The number of para-hydroxylation sites is 1. The van der Waals surface area contributed by atoms with Gasteiger partial charge in [-0.3, -0.25) is 0 Å². The second-order valence-electron chi connectivity index (χ2n) is 6.80. The van der Waals surface area contributed by atoms with Gasteiger partial charge in [0.2, 0.25) is 0 Å². The Morgan fingerprint density at radius 2 is 1.89 bits per heavy atom. The van der Waals surface area contributed by atoms with Crippen molar-refractivity contribution < 1.29 is 9.53 Å².